The minimum atomic E-state index is 0.585. The summed E-state index contributed by atoms with van der Waals surface area (Å²) in [5.74, 6) is 0.939. The van der Waals surface area contributed by atoms with E-state index >= 15 is 0 Å². The highest BCUT2D eigenvalue weighted by Crippen LogP contribution is 2.24. The molecule has 1 N–H and O–H groups in total. The molecule has 0 spiro atoms. The Morgan fingerprint density at radius 2 is 2.06 bits per heavy atom. The number of halogens is 1. The van der Waals surface area contributed by atoms with Crippen LogP contribution in [-0.4, -0.2) is 19.2 Å². The Labute approximate surface area is 119 Å². The maximum atomic E-state index is 5.47. The molecule has 0 saturated heterocycles. The molecule has 0 radical (unpaired) electrons. The molecule has 0 aromatic heterocycles. The van der Waals surface area contributed by atoms with Crippen LogP contribution >= 0.6 is 15.9 Å². The Morgan fingerprint density at radius 3 is 2.67 bits per heavy atom. The highest BCUT2D eigenvalue weighted by molar-refractivity contribution is 9.10. The summed E-state index contributed by atoms with van der Waals surface area (Å²) in [6.45, 7) is 8.19. The lowest BCUT2D eigenvalue weighted by atomic mass is 10.1. The van der Waals surface area contributed by atoms with E-state index < -0.39 is 0 Å². The van der Waals surface area contributed by atoms with E-state index in [0.29, 0.717) is 12.6 Å². The molecular formula is C15H24BrNO. The molecule has 0 atom stereocenters. The zero-order valence-electron chi connectivity index (χ0n) is 11.6. The summed E-state index contributed by atoms with van der Waals surface area (Å²) in [5.41, 5.74) is 1.36. The average Bonchev–Trinajstić information content (AvgIpc) is 2.31. The van der Waals surface area contributed by atoms with Crippen molar-refractivity contribution in [3.8, 4) is 5.75 Å². The van der Waals surface area contributed by atoms with Gasteiger partial charge in [-0.3, -0.25) is 0 Å². The van der Waals surface area contributed by atoms with Crippen molar-refractivity contribution in [3.05, 3.63) is 28.2 Å². The predicted octanol–water partition coefficient (Wildman–Crippen LogP) is 4.17. The molecule has 0 unspecified atom stereocenters. The molecule has 1 rings (SSSR count). The van der Waals surface area contributed by atoms with Crippen LogP contribution in [0.25, 0.3) is 0 Å². The van der Waals surface area contributed by atoms with Crippen LogP contribution in [0.15, 0.2) is 22.7 Å². The van der Waals surface area contributed by atoms with Crippen LogP contribution in [-0.2, 0) is 6.42 Å². The number of aryl methyl sites for hydroxylation is 1. The second-order valence-corrected chi connectivity index (χ2v) is 5.61. The first-order chi connectivity index (χ1) is 8.63. The van der Waals surface area contributed by atoms with E-state index in [1.807, 2.05) is 6.92 Å². The Morgan fingerprint density at radius 1 is 1.28 bits per heavy atom. The highest BCUT2D eigenvalue weighted by Gasteiger charge is 2.02. The van der Waals surface area contributed by atoms with Crippen LogP contribution in [0.1, 0.15) is 39.2 Å². The van der Waals surface area contributed by atoms with E-state index in [4.69, 9.17) is 4.74 Å². The van der Waals surface area contributed by atoms with Gasteiger partial charge in [0.15, 0.2) is 0 Å². The van der Waals surface area contributed by atoms with Gasteiger partial charge in [-0.05, 0) is 50.4 Å². The summed E-state index contributed by atoms with van der Waals surface area (Å²) >= 11 is 3.61. The van der Waals surface area contributed by atoms with E-state index in [0.717, 1.165) is 23.2 Å². The van der Waals surface area contributed by atoms with Gasteiger partial charge in [-0.15, -0.1) is 0 Å². The maximum absolute atomic E-state index is 5.47. The number of ether oxygens (including phenoxy) is 1. The van der Waals surface area contributed by atoms with E-state index in [-0.39, 0.29) is 0 Å². The van der Waals surface area contributed by atoms with Crippen LogP contribution in [0.5, 0.6) is 5.75 Å². The molecule has 0 aliphatic heterocycles. The van der Waals surface area contributed by atoms with Crippen molar-refractivity contribution in [1.29, 1.82) is 0 Å². The first kappa shape index (κ1) is 15.5. The second kappa shape index (κ2) is 8.54. The molecular weight excluding hydrogens is 290 g/mol. The molecule has 0 amide bonds. The molecule has 0 heterocycles. The summed E-state index contributed by atoms with van der Waals surface area (Å²) in [6, 6.07) is 6.86. The van der Waals surface area contributed by atoms with Crippen molar-refractivity contribution in [2.75, 3.05) is 13.2 Å². The van der Waals surface area contributed by atoms with Crippen molar-refractivity contribution < 1.29 is 4.74 Å². The van der Waals surface area contributed by atoms with Crippen molar-refractivity contribution >= 4 is 15.9 Å². The molecule has 0 aliphatic carbocycles. The standard InChI is InChI=1S/C15H24BrNO/c1-4-18-14-9-8-13(15(16)11-14)7-5-6-10-17-12(2)3/h8-9,11-12,17H,4-7,10H2,1-3H3. The molecule has 18 heavy (non-hydrogen) atoms. The third-order valence-corrected chi connectivity index (χ3v) is 3.50. The number of nitrogens with one attached hydrogen (secondary N) is 1. The molecule has 2 nitrogen and oxygen atoms in total. The molecule has 0 aliphatic rings. The van der Waals surface area contributed by atoms with Crippen molar-refractivity contribution in [1.82, 2.24) is 5.32 Å². The van der Waals surface area contributed by atoms with Crippen LogP contribution < -0.4 is 10.1 Å². The van der Waals surface area contributed by atoms with Crippen molar-refractivity contribution in [2.45, 2.75) is 46.1 Å². The number of hydrogen-bond donors (Lipinski definition) is 1. The first-order valence-corrected chi connectivity index (χ1v) is 7.57. The van der Waals surface area contributed by atoms with Gasteiger partial charge in [0.05, 0.1) is 6.61 Å². The number of unbranched alkanes of at least 4 members (excludes halogenated alkanes) is 1. The number of benzene rings is 1. The van der Waals surface area contributed by atoms with Gasteiger partial charge in [0, 0.05) is 10.5 Å². The largest absolute Gasteiger partial charge is 0.494 e. The highest BCUT2D eigenvalue weighted by atomic mass is 79.9. The topological polar surface area (TPSA) is 21.3 Å². The van der Waals surface area contributed by atoms with Gasteiger partial charge < -0.3 is 10.1 Å². The summed E-state index contributed by atoms with van der Waals surface area (Å²) in [4.78, 5) is 0. The Balaban J connectivity index is 2.34. The van der Waals surface area contributed by atoms with Crippen LogP contribution in [0.3, 0.4) is 0 Å². The molecule has 3 heteroatoms. The number of rotatable bonds is 8. The van der Waals surface area contributed by atoms with Gasteiger partial charge in [0.25, 0.3) is 0 Å². The average molecular weight is 314 g/mol. The first-order valence-electron chi connectivity index (χ1n) is 6.78. The van der Waals surface area contributed by atoms with Gasteiger partial charge >= 0.3 is 0 Å². The lowest BCUT2D eigenvalue weighted by molar-refractivity contribution is 0.340. The van der Waals surface area contributed by atoms with E-state index in [1.165, 1.54) is 18.4 Å². The zero-order chi connectivity index (χ0) is 13.4. The molecule has 0 saturated carbocycles. The lowest BCUT2D eigenvalue weighted by Crippen LogP contribution is -2.23. The second-order valence-electron chi connectivity index (χ2n) is 4.75. The maximum Gasteiger partial charge on any atom is 0.120 e. The van der Waals surface area contributed by atoms with Crippen LogP contribution in [0.2, 0.25) is 0 Å². The van der Waals surface area contributed by atoms with Crippen molar-refractivity contribution in [3.63, 3.8) is 0 Å². The molecule has 0 fully saturated rings. The lowest BCUT2D eigenvalue weighted by Gasteiger charge is -2.09. The summed E-state index contributed by atoms with van der Waals surface area (Å²) in [5, 5.41) is 3.44. The smallest absolute Gasteiger partial charge is 0.120 e. The predicted molar refractivity (Wildman–Crippen MR) is 81.4 cm³/mol. The molecule has 102 valence electrons. The minimum absolute atomic E-state index is 0.585. The molecule has 0 bridgehead atoms. The van der Waals surface area contributed by atoms with E-state index in [9.17, 15) is 0 Å². The number of hydrogen-bond acceptors (Lipinski definition) is 2. The normalized spacial score (nSPS) is 10.9. The Bertz CT molecular complexity index is 352. The van der Waals surface area contributed by atoms with Gasteiger partial charge in [-0.1, -0.05) is 35.8 Å². The van der Waals surface area contributed by atoms with Gasteiger partial charge in [-0.2, -0.15) is 0 Å². The third kappa shape index (κ3) is 5.87. The monoisotopic (exact) mass is 313 g/mol. The minimum Gasteiger partial charge on any atom is -0.494 e. The third-order valence-electron chi connectivity index (χ3n) is 2.76. The summed E-state index contributed by atoms with van der Waals surface area (Å²) in [6.07, 6.45) is 3.55. The molecule has 1 aromatic rings. The fourth-order valence-electron chi connectivity index (χ4n) is 1.82. The van der Waals surface area contributed by atoms with Gasteiger partial charge in [0.1, 0.15) is 5.75 Å². The Kier molecular flexibility index (Phi) is 7.36. The fourth-order valence-corrected chi connectivity index (χ4v) is 2.37. The van der Waals surface area contributed by atoms with Gasteiger partial charge in [0.2, 0.25) is 0 Å². The Hall–Kier alpha value is -0.540. The van der Waals surface area contributed by atoms with Crippen LogP contribution in [0, 0.1) is 0 Å². The summed E-state index contributed by atoms with van der Waals surface area (Å²) in [7, 11) is 0. The van der Waals surface area contributed by atoms with Crippen LogP contribution in [0.4, 0.5) is 0 Å². The van der Waals surface area contributed by atoms with Gasteiger partial charge in [-0.25, -0.2) is 0 Å². The molecule has 1 aromatic carbocycles. The SMILES string of the molecule is CCOc1ccc(CCCCNC(C)C)c(Br)c1. The quantitative estimate of drug-likeness (QED) is 0.727. The van der Waals surface area contributed by atoms with E-state index in [1.54, 1.807) is 0 Å². The van der Waals surface area contributed by atoms with Crippen molar-refractivity contribution in [2.24, 2.45) is 0 Å². The summed E-state index contributed by atoms with van der Waals surface area (Å²) < 4.78 is 6.63. The fraction of sp³-hybridized carbons (Fsp3) is 0.600. The van der Waals surface area contributed by atoms with E-state index in [2.05, 4.69) is 53.3 Å². The zero-order valence-corrected chi connectivity index (χ0v) is 13.2.